The van der Waals surface area contributed by atoms with E-state index in [4.69, 9.17) is 0 Å². The Labute approximate surface area is 212 Å². The molecule has 1 aromatic heterocycles. The van der Waals surface area contributed by atoms with Gasteiger partial charge in [0.2, 0.25) is 0 Å². The van der Waals surface area contributed by atoms with Crippen molar-refractivity contribution in [2.75, 3.05) is 0 Å². The molecule has 1 fully saturated rings. The molecule has 0 radical (unpaired) electrons. The Bertz CT molecular complexity index is 1580. The lowest BCUT2D eigenvalue weighted by molar-refractivity contribution is 0.368. The average molecular weight is 520 g/mol. The highest BCUT2D eigenvalue weighted by molar-refractivity contribution is 8.10. The van der Waals surface area contributed by atoms with Crippen LogP contribution in [0, 0.1) is 5.92 Å². The molecule has 0 amide bonds. The molecule has 0 aliphatic heterocycles. The number of aromatic amines is 1. The third-order valence-electron chi connectivity index (χ3n) is 7.75. The molecule has 1 aliphatic carbocycles. The van der Waals surface area contributed by atoms with Crippen molar-refractivity contribution in [2.24, 2.45) is 5.92 Å². The number of rotatable bonds is 6. The minimum absolute atomic E-state index is 0.00264. The predicted octanol–water partition coefficient (Wildman–Crippen LogP) is 6.06. The molecule has 0 spiro atoms. The van der Waals surface area contributed by atoms with E-state index in [-0.39, 0.29) is 28.6 Å². The molecule has 1 N–H and O–H groups in total. The molecule has 0 unspecified atom stereocenters. The molecule has 36 heavy (non-hydrogen) atoms. The highest BCUT2D eigenvalue weighted by Crippen LogP contribution is 2.56. The van der Waals surface area contributed by atoms with Crippen molar-refractivity contribution in [3.05, 3.63) is 109 Å². The fraction of sp³-hybridized carbons (Fsp3) is 0.241. The third-order valence-corrected chi connectivity index (χ3v) is 13.4. The van der Waals surface area contributed by atoms with Crippen molar-refractivity contribution in [1.82, 2.24) is 4.98 Å². The van der Waals surface area contributed by atoms with Gasteiger partial charge in [-0.3, -0.25) is 0 Å². The molecule has 1 atom stereocenters. The summed E-state index contributed by atoms with van der Waals surface area (Å²) < 4.78 is 55.0. The monoisotopic (exact) mass is 519 g/mol. The molecular weight excluding hydrogens is 490 g/mol. The van der Waals surface area contributed by atoms with Gasteiger partial charge in [0.15, 0.2) is 23.8 Å². The fourth-order valence-corrected chi connectivity index (χ4v) is 10.9. The van der Waals surface area contributed by atoms with Crippen molar-refractivity contribution >= 4 is 30.6 Å². The molecule has 0 saturated heterocycles. The largest absolute Gasteiger partial charge is 0.361 e. The first-order valence-electron chi connectivity index (χ1n) is 11.9. The first-order chi connectivity index (χ1) is 17.0. The van der Waals surface area contributed by atoms with E-state index in [1.165, 1.54) is 24.3 Å². The van der Waals surface area contributed by atoms with E-state index in [1.54, 1.807) is 36.4 Å². The smallest absolute Gasteiger partial charge is 0.199 e. The van der Waals surface area contributed by atoms with Gasteiger partial charge in [-0.2, -0.15) is 0 Å². The summed E-state index contributed by atoms with van der Waals surface area (Å²) in [7, 11) is -8.60. The van der Waals surface area contributed by atoms with Crippen LogP contribution in [0.4, 0.5) is 0 Å². The van der Waals surface area contributed by atoms with E-state index >= 15 is 0 Å². The number of nitrogens with one attached hydrogen (secondary N) is 1. The number of para-hydroxylation sites is 1. The maximum Gasteiger partial charge on any atom is 0.199 e. The van der Waals surface area contributed by atoms with Gasteiger partial charge < -0.3 is 4.98 Å². The van der Waals surface area contributed by atoms with Gasteiger partial charge in [-0.05, 0) is 53.6 Å². The van der Waals surface area contributed by atoms with Gasteiger partial charge in [0.1, 0.15) is 0 Å². The molecule has 1 saturated carbocycles. The molecule has 3 aromatic carbocycles. The zero-order valence-electron chi connectivity index (χ0n) is 20.3. The van der Waals surface area contributed by atoms with E-state index in [0.29, 0.717) is 5.57 Å². The lowest BCUT2D eigenvalue weighted by Gasteiger charge is -2.34. The number of H-pyrrole nitrogens is 1. The quantitative estimate of drug-likeness (QED) is 0.314. The molecule has 7 heteroatoms. The zero-order valence-corrected chi connectivity index (χ0v) is 21.9. The van der Waals surface area contributed by atoms with Crippen LogP contribution in [-0.4, -0.2) is 25.9 Å². The molecule has 1 heterocycles. The lowest BCUT2D eigenvalue weighted by Crippen LogP contribution is -2.45. The Balaban J connectivity index is 1.71. The number of hydrogen-bond donors (Lipinski definition) is 1. The topological polar surface area (TPSA) is 84.1 Å². The summed E-state index contributed by atoms with van der Waals surface area (Å²) in [5.41, 5.74) is 2.04. The summed E-state index contributed by atoms with van der Waals surface area (Å²) in [5.74, 6) is -0.381. The van der Waals surface area contributed by atoms with E-state index in [2.05, 4.69) is 11.6 Å². The SMILES string of the molecule is C=C1CC(S(=O)(=O)c2ccccc2)(S(=O)(=O)c2ccccc2)C[C@H]1C(C)(C)c1c[nH]c2ccccc12. The van der Waals surface area contributed by atoms with Crippen molar-refractivity contribution < 1.29 is 16.8 Å². The number of hydrogen-bond acceptors (Lipinski definition) is 4. The number of aromatic nitrogens is 1. The molecule has 186 valence electrons. The molecule has 5 nitrogen and oxygen atoms in total. The maximum atomic E-state index is 14.3. The Morgan fingerprint density at radius 3 is 1.86 bits per heavy atom. The standard InChI is InChI=1S/C29H29NO4S2/c1-21-18-29(35(31,32)22-12-6-4-7-13-22,36(33,34)23-14-8-5-9-15-23)19-25(21)28(2,3)26-20-30-27-17-11-10-16-24(26)27/h4-17,20,25,30H,1,18-19H2,2-3H3/t25-/m1/s1. The van der Waals surface area contributed by atoms with Crippen LogP contribution >= 0.6 is 0 Å². The van der Waals surface area contributed by atoms with Gasteiger partial charge in [0, 0.05) is 23.5 Å². The Kier molecular flexibility index (Phi) is 5.76. The maximum absolute atomic E-state index is 14.3. The molecule has 0 bridgehead atoms. The van der Waals surface area contributed by atoms with Gasteiger partial charge in [0.05, 0.1) is 9.79 Å². The van der Waals surface area contributed by atoms with Crippen LogP contribution in [0.25, 0.3) is 10.9 Å². The summed E-state index contributed by atoms with van der Waals surface area (Å²) >= 11 is 0. The van der Waals surface area contributed by atoms with Crippen LogP contribution in [0.1, 0.15) is 32.3 Å². The van der Waals surface area contributed by atoms with E-state index in [9.17, 15) is 16.8 Å². The van der Waals surface area contributed by atoms with Crippen molar-refractivity contribution in [3.63, 3.8) is 0 Å². The molecule has 1 aliphatic rings. The van der Waals surface area contributed by atoms with Crippen LogP contribution in [0.2, 0.25) is 0 Å². The lowest BCUT2D eigenvalue weighted by atomic mass is 9.71. The van der Waals surface area contributed by atoms with E-state index in [0.717, 1.165) is 16.5 Å². The Hall–Kier alpha value is -3.16. The van der Waals surface area contributed by atoms with Gasteiger partial charge >= 0.3 is 0 Å². The van der Waals surface area contributed by atoms with Crippen LogP contribution in [0.15, 0.2) is 113 Å². The third kappa shape index (κ3) is 3.48. The Morgan fingerprint density at radius 1 is 0.806 bits per heavy atom. The summed E-state index contributed by atoms with van der Waals surface area (Å²) in [5, 5.41) is 1.03. The normalized spacial score (nSPS) is 18.5. The number of fused-ring (bicyclic) bond motifs is 1. The number of sulfone groups is 2. The van der Waals surface area contributed by atoms with Crippen LogP contribution in [0.3, 0.4) is 0 Å². The Morgan fingerprint density at radius 2 is 1.31 bits per heavy atom. The highest BCUT2D eigenvalue weighted by atomic mass is 32.3. The average Bonchev–Trinajstić information content (AvgIpc) is 3.48. The van der Waals surface area contributed by atoms with E-state index < -0.39 is 29.2 Å². The van der Waals surface area contributed by atoms with Crippen LogP contribution in [0.5, 0.6) is 0 Å². The molecule has 4 aromatic rings. The van der Waals surface area contributed by atoms with Crippen LogP contribution in [-0.2, 0) is 25.1 Å². The second-order valence-electron chi connectivity index (χ2n) is 10.1. The van der Waals surface area contributed by atoms with Gasteiger partial charge in [-0.15, -0.1) is 0 Å². The minimum Gasteiger partial charge on any atom is -0.361 e. The van der Waals surface area contributed by atoms with Crippen molar-refractivity contribution in [2.45, 2.75) is 46.0 Å². The molecule has 5 rings (SSSR count). The zero-order chi connectivity index (χ0) is 25.8. The second-order valence-corrected chi connectivity index (χ2v) is 14.9. The van der Waals surface area contributed by atoms with Crippen molar-refractivity contribution in [1.29, 1.82) is 0 Å². The number of allylic oxidation sites excluding steroid dienone is 1. The molecular formula is C29H29NO4S2. The van der Waals surface area contributed by atoms with Crippen LogP contribution < -0.4 is 0 Å². The number of benzene rings is 3. The predicted molar refractivity (Wildman–Crippen MR) is 143 cm³/mol. The summed E-state index contributed by atoms with van der Waals surface area (Å²) in [4.78, 5) is 3.30. The van der Waals surface area contributed by atoms with E-state index in [1.807, 2.05) is 44.3 Å². The minimum atomic E-state index is -4.30. The highest BCUT2D eigenvalue weighted by Gasteiger charge is 2.63. The van der Waals surface area contributed by atoms with Gasteiger partial charge in [-0.1, -0.05) is 80.6 Å². The summed E-state index contributed by atoms with van der Waals surface area (Å²) in [6.45, 7) is 8.34. The van der Waals surface area contributed by atoms with Crippen molar-refractivity contribution in [3.8, 4) is 0 Å². The second kappa shape index (κ2) is 8.46. The van der Waals surface area contributed by atoms with Gasteiger partial charge in [0.25, 0.3) is 0 Å². The van der Waals surface area contributed by atoms with Gasteiger partial charge in [-0.25, -0.2) is 16.8 Å². The first kappa shape index (κ1) is 24.5. The fourth-order valence-electron chi connectivity index (χ4n) is 5.74. The summed E-state index contributed by atoms with van der Waals surface area (Å²) in [6, 6.07) is 23.7. The first-order valence-corrected chi connectivity index (χ1v) is 14.8. The summed E-state index contributed by atoms with van der Waals surface area (Å²) in [6.07, 6.45) is 1.71.